The normalized spacial score (nSPS) is 20.4. The second-order valence-electron chi connectivity index (χ2n) is 4.17. The molecule has 84 valence electrons. The van der Waals surface area contributed by atoms with Crippen LogP contribution in [-0.2, 0) is 10.0 Å². The lowest BCUT2D eigenvalue weighted by Crippen LogP contribution is -2.62. The van der Waals surface area contributed by atoms with Gasteiger partial charge in [0.05, 0.1) is 12.3 Å². The molecule has 0 aromatic carbocycles. The lowest BCUT2D eigenvalue weighted by molar-refractivity contribution is 0.0547. The van der Waals surface area contributed by atoms with E-state index < -0.39 is 10.0 Å². The largest absolute Gasteiger partial charge is 0.298 e. The molecule has 0 aromatic rings. The van der Waals surface area contributed by atoms with Gasteiger partial charge < -0.3 is 0 Å². The van der Waals surface area contributed by atoms with Crippen molar-refractivity contribution in [2.45, 2.75) is 32.9 Å². The van der Waals surface area contributed by atoms with E-state index in [-0.39, 0.29) is 6.04 Å². The number of rotatable bonds is 4. The third kappa shape index (κ3) is 2.46. The van der Waals surface area contributed by atoms with Gasteiger partial charge in [-0.1, -0.05) is 6.92 Å². The Balaban J connectivity index is 2.53. The SMILES string of the molecule is CCN(C1CN(C(C)C)C1)S(C)(=O)=O. The fraction of sp³-hybridized carbons (Fsp3) is 1.00. The number of likely N-dealkylation sites (N-methyl/N-ethyl adjacent to an activating group) is 1. The monoisotopic (exact) mass is 220 g/mol. The molecule has 0 saturated carbocycles. The first kappa shape index (κ1) is 11.9. The highest BCUT2D eigenvalue weighted by atomic mass is 32.2. The molecule has 1 heterocycles. The molecule has 4 nitrogen and oxygen atoms in total. The molecule has 1 fully saturated rings. The Bertz CT molecular complexity index is 281. The number of nitrogens with zero attached hydrogens (tertiary/aromatic N) is 2. The van der Waals surface area contributed by atoms with Crippen molar-refractivity contribution < 1.29 is 8.42 Å². The number of sulfonamides is 1. The van der Waals surface area contributed by atoms with Crippen molar-refractivity contribution in [3.05, 3.63) is 0 Å². The summed E-state index contributed by atoms with van der Waals surface area (Å²) >= 11 is 0. The van der Waals surface area contributed by atoms with Crippen LogP contribution in [0.15, 0.2) is 0 Å². The van der Waals surface area contributed by atoms with Crippen molar-refractivity contribution in [3.8, 4) is 0 Å². The van der Waals surface area contributed by atoms with E-state index in [0.29, 0.717) is 12.6 Å². The smallest absolute Gasteiger partial charge is 0.211 e. The molecule has 0 aromatic heterocycles. The molecule has 0 unspecified atom stereocenters. The van der Waals surface area contributed by atoms with E-state index in [1.165, 1.54) is 6.26 Å². The highest BCUT2D eigenvalue weighted by Crippen LogP contribution is 2.19. The number of likely N-dealkylation sites (tertiary alicyclic amines) is 1. The van der Waals surface area contributed by atoms with Crippen LogP contribution in [0.4, 0.5) is 0 Å². The van der Waals surface area contributed by atoms with Crippen molar-refractivity contribution in [2.75, 3.05) is 25.9 Å². The predicted octanol–water partition coefficient (Wildman–Crippen LogP) is 0.361. The van der Waals surface area contributed by atoms with Crippen molar-refractivity contribution in [1.82, 2.24) is 9.21 Å². The molecule has 1 aliphatic heterocycles. The molecular weight excluding hydrogens is 200 g/mol. The summed E-state index contributed by atoms with van der Waals surface area (Å²) in [7, 11) is -3.02. The topological polar surface area (TPSA) is 40.6 Å². The Kier molecular flexibility index (Phi) is 3.55. The first-order valence-corrected chi connectivity index (χ1v) is 6.92. The van der Waals surface area contributed by atoms with Crippen molar-refractivity contribution in [2.24, 2.45) is 0 Å². The lowest BCUT2D eigenvalue weighted by atomic mass is 10.1. The molecule has 1 rings (SSSR count). The molecule has 5 heteroatoms. The maximum atomic E-state index is 11.4. The minimum absolute atomic E-state index is 0.192. The summed E-state index contributed by atoms with van der Waals surface area (Å²) in [6.45, 7) is 8.48. The second-order valence-corrected chi connectivity index (χ2v) is 6.10. The van der Waals surface area contributed by atoms with Crippen LogP contribution in [0.25, 0.3) is 0 Å². The van der Waals surface area contributed by atoms with E-state index in [4.69, 9.17) is 0 Å². The zero-order valence-electron chi connectivity index (χ0n) is 9.40. The Morgan fingerprint density at radius 2 is 1.93 bits per heavy atom. The minimum atomic E-state index is -3.02. The van der Waals surface area contributed by atoms with Gasteiger partial charge in [-0.15, -0.1) is 0 Å². The third-order valence-electron chi connectivity index (χ3n) is 2.77. The summed E-state index contributed by atoms with van der Waals surface area (Å²) in [6, 6.07) is 0.710. The van der Waals surface area contributed by atoms with Gasteiger partial charge in [0.1, 0.15) is 0 Å². The lowest BCUT2D eigenvalue weighted by Gasteiger charge is -2.46. The predicted molar refractivity (Wildman–Crippen MR) is 57.7 cm³/mol. The third-order valence-corrected chi connectivity index (χ3v) is 4.17. The van der Waals surface area contributed by atoms with Gasteiger partial charge in [-0.3, -0.25) is 4.90 Å². The Hall–Kier alpha value is -0.130. The average molecular weight is 220 g/mol. The molecule has 0 N–H and O–H groups in total. The van der Waals surface area contributed by atoms with Crippen LogP contribution in [-0.4, -0.2) is 55.6 Å². The molecular formula is C9H20N2O2S. The van der Waals surface area contributed by atoms with Crippen LogP contribution in [0.2, 0.25) is 0 Å². The molecule has 0 bridgehead atoms. The minimum Gasteiger partial charge on any atom is -0.298 e. The van der Waals surface area contributed by atoms with Gasteiger partial charge in [-0.2, -0.15) is 4.31 Å². The average Bonchev–Trinajstić information content (AvgIpc) is 1.91. The summed E-state index contributed by atoms with van der Waals surface area (Å²) in [4.78, 5) is 2.28. The van der Waals surface area contributed by atoms with Crippen LogP contribution in [0.5, 0.6) is 0 Å². The fourth-order valence-corrected chi connectivity index (χ4v) is 3.00. The molecule has 0 amide bonds. The number of hydrogen-bond donors (Lipinski definition) is 0. The van der Waals surface area contributed by atoms with Crippen LogP contribution < -0.4 is 0 Å². The van der Waals surface area contributed by atoms with Gasteiger partial charge in [0.2, 0.25) is 10.0 Å². The second kappa shape index (κ2) is 4.16. The summed E-state index contributed by atoms with van der Waals surface area (Å²) in [6.07, 6.45) is 1.29. The van der Waals surface area contributed by atoms with Gasteiger partial charge >= 0.3 is 0 Å². The van der Waals surface area contributed by atoms with E-state index >= 15 is 0 Å². The van der Waals surface area contributed by atoms with E-state index in [0.717, 1.165) is 13.1 Å². The standard InChI is InChI=1S/C9H20N2O2S/c1-5-11(14(4,12)13)9-6-10(7-9)8(2)3/h8-9H,5-7H2,1-4H3. The summed E-state index contributed by atoms with van der Waals surface area (Å²) < 4.78 is 24.4. The molecule has 0 radical (unpaired) electrons. The first-order valence-electron chi connectivity index (χ1n) is 5.07. The Morgan fingerprint density at radius 3 is 2.21 bits per heavy atom. The van der Waals surface area contributed by atoms with Gasteiger partial charge in [-0.05, 0) is 13.8 Å². The summed E-state index contributed by atoms with van der Waals surface area (Å²) in [5.41, 5.74) is 0. The van der Waals surface area contributed by atoms with E-state index in [1.54, 1.807) is 4.31 Å². The molecule has 0 aliphatic carbocycles. The maximum absolute atomic E-state index is 11.4. The van der Waals surface area contributed by atoms with Crippen LogP contribution in [0, 0.1) is 0 Å². The van der Waals surface area contributed by atoms with Gasteiger partial charge in [0.25, 0.3) is 0 Å². The quantitative estimate of drug-likeness (QED) is 0.687. The highest BCUT2D eigenvalue weighted by molar-refractivity contribution is 7.88. The zero-order chi connectivity index (χ0) is 10.9. The van der Waals surface area contributed by atoms with Crippen LogP contribution in [0.3, 0.4) is 0 Å². The van der Waals surface area contributed by atoms with E-state index in [1.807, 2.05) is 6.92 Å². The zero-order valence-corrected chi connectivity index (χ0v) is 10.2. The molecule has 0 atom stereocenters. The molecule has 14 heavy (non-hydrogen) atoms. The van der Waals surface area contributed by atoms with Crippen LogP contribution >= 0.6 is 0 Å². The maximum Gasteiger partial charge on any atom is 0.211 e. The summed E-state index contributed by atoms with van der Waals surface area (Å²) in [5.74, 6) is 0. The summed E-state index contributed by atoms with van der Waals surface area (Å²) in [5, 5.41) is 0. The van der Waals surface area contributed by atoms with Crippen LogP contribution in [0.1, 0.15) is 20.8 Å². The first-order chi connectivity index (χ1) is 6.36. The van der Waals surface area contributed by atoms with Crippen molar-refractivity contribution >= 4 is 10.0 Å². The molecule has 1 saturated heterocycles. The molecule has 1 aliphatic rings. The van der Waals surface area contributed by atoms with E-state index in [9.17, 15) is 8.42 Å². The van der Waals surface area contributed by atoms with Gasteiger partial charge in [0.15, 0.2) is 0 Å². The van der Waals surface area contributed by atoms with Gasteiger partial charge in [-0.25, -0.2) is 8.42 Å². The number of hydrogen-bond acceptors (Lipinski definition) is 3. The molecule has 0 spiro atoms. The van der Waals surface area contributed by atoms with Gasteiger partial charge in [0, 0.05) is 25.7 Å². The Labute approximate surface area is 86.9 Å². The highest BCUT2D eigenvalue weighted by Gasteiger charge is 2.36. The van der Waals surface area contributed by atoms with Crippen molar-refractivity contribution in [1.29, 1.82) is 0 Å². The van der Waals surface area contributed by atoms with Crippen molar-refractivity contribution in [3.63, 3.8) is 0 Å². The van der Waals surface area contributed by atoms with E-state index in [2.05, 4.69) is 18.7 Å². The fourth-order valence-electron chi connectivity index (χ4n) is 1.86. The Morgan fingerprint density at radius 1 is 1.43 bits per heavy atom.